The van der Waals surface area contributed by atoms with Gasteiger partial charge in [0.1, 0.15) is 17.1 Å². The second-order valence-corrected chi connectivity index (χ2v) is 9.75. The molecule has 1 saturated carbocycles. The molecule has 1 fully saturated rings. The number of furan rings is 1. The Labute approximate surface area is 219 Å². The van der Waals surface area contributed by atoms with Crippen LogP contribution < -0.4 is 15.4 Å². The van der Waals surface area contributed by atoms with Gasteiger partial charge >= 0.3 is 0 Å². The second kappa shape index (κ2) is 10.2. The third kappa shape index (κ3) is 5.47. The molecular formula is C24H21BrCl2FN3O4. The fourth-order valence-corrected chi connectivity index (χ4v) is 4.49. The molecule has 2 heterocycles. The molecule has 2 N–H and O–H groups in total. The van der Waals surface area contributed by atoms with Gasteiger partial charge in [-0.1, -0.05) is 23.2 Å². The Morgan fingerprint density at radius 1 is 1.29 bits per heavy atom. The van der Waals surface area contributed by atoms with Crippen LogP contribution in [0.1, 0.15) is 49.0 Å². The molecule has 0 radical (unpaired) electrons. The Bertz CT molecular complexity index is 1300. The summed E-state index contributed by atoms with van der Waals surface area (Å²) in [5.74, 6) is -1.09. The van der Waals surface area contributed by atoms with Crippen molar-refractivity contribution in [1.29, 1.82) is 0 Å². The average Bonchev–Trinajstić information content (AvgIpc) is 3.45. The fraction of sp³-hybridized carbons (Fsp3) is 0.292. The number of ether oxygens (including phenoxy) is 1. The van der Waals surface area contributed by atoms with Crippen LogP contribution in [0, 0.1) is 5.82 Å². The molecule has 1 aromatic carbocycles. The third-order valence-corrected chi connectivity index (χ3v) is 6.50. The summed E-state index contributed by atoms with van der Waals surface area (Å²) in [6.45, 7) is 3.79. The van der Waals surface area contributed by atoms with Crippen LogP contribution in [0.15, 0.2) is 45.6 Å². The van der Waals surface area contributed by atoms with Gasteiger partial charge in [0, 0.05) is 22.3 Å². The smallest absolute Gasteiger partial charge is 0.287 e. The summed E-state index contributed by atoms with van der Waals surface area (Å²) >= 11 is 15.5. The molecule has 2 aromatic heterocycles. The molecule has 2 amide bonds. The topological polar surface area (TPSA) is 93.5 Å². The van der Waals surface area contributed by atoms with Crippen LogP contribution in [-0.4, -0.2) is 28.9 Å². The molecule has 184 valence electrons. The summed E-state index contributed by atoms with van der Waals surface area (Å²) < 4.78 is 26.4. The van der Waals surface area contributed by atoms with E-state index in [-0.39, 0.29) is 11.5 Å². The maximum atomic E-state index is 15.1. The van der Waals surface area contributed by atoms with E-state index in [1.54, 1.807) is 25.1 Å². The number of pyridine rings is 1. The zero-order chi connectivity index (χ0) is 25.3. The van der Waals surface area contributed by atoms with Gasteiger partial charge in [-0.3, -0.25) is 14.6 Å². The lowest BCUT2D eigenvalue weighted by molar-refractivity contribution is -0.124. The van der Waals surface area contributed by atoms with E-state index in [0.29, 0.717) is 51.0 Å². The molecule has 0 unspecified atom stereocenters. The Balaban J connectivity index is 1.50. The van der Waals surface area contributed by atoms with Crippen LogP contribution in [0.3, 0.4) is 0 Å². The van der Waals surface area contributed by atoms with E-state index in [2.05, 4.69) is 31.5 Å². The van der Waals surface area contributed by atoms with E-state index in [9.17, 15) is 9.59 Å². The quantitative estimate of drug-likeness (QED) is 0.334. The highest BCUT2D eigenvalue weighted by Gasteiger charge is 2.52. The van der Waals surface area contributed by atoms with Crippen molar-refractivity contribution in [2.75, 3.05) is 6.61 Å². The monoisotopic (exact) mass is 583 g/mol. The summed E-state index contributed by atoms with van der Waals surface area (Å²) in [4.78, 5) is 29.6. The Kier molecular flexibility index (Phi) is 7.40. The maximum Gasteiger partial charge on any atom is 0.287 e. The van der Waals surface area contributed by atoms with Crippen molar-refractivity contribution in [3.63, 3.8) is 0 Å². The number of nitrogens with zero attached hydrogens (tertiary/aromatic N) is 1. The number of aromatic nitrogens is 1. The molecule has 1 aliphatic carbocycles. The van der Waals surface area contributed by atoms with Crippen LogP contribution in [-0.2, 0) is 4.79 Å². The lowest BCUT2D eigenvalue weighted by atomic mass is 10.0. The normalized spacial score (nSPS) is 14.8. The van der Waals surface area contributed by atoms with Crippen molar-refractivity contribution in [3.05, 3.63) is 68.5 Å². The summed E-state index contributed by atoms with van der Waals surface area (Å²) in [5.41, 5.74) is -0.0908. The molecule has 0 saturated heterocycles. The van der Waals surface area contributed by atoms with Crippen molar-refractivity contribution in [2.24, 2.45) is 0 Å². The van der Waals surface area contributed by atoms with E-state index < -0.39 is 29.2 Å². The molecule has 3 aromatic rings. The third-order valence-electron chi connectivity index (χ3n) is 5.57. The lowest BCUT2D eigenvalue weighted by Crippen LogP contribution is -2.49. The van der Waals surface area contributed by atoms with Crippen molar-refractivity contribution < 1.29 is 23.1 Å². The highest BCUT2D eigenvalue weighted by molar-refractivity contribution is 9.10. The summed E-state index contributed by atoms with van der Waals surface area (Å²) in [6, 6.07) is 6.79. The molecule has 35 heavy (non-hydrogen) atoms. The van der Waals surface area contributed by atoms with Gasteiger partial charge < -0.3 is 19.8 Å². The first-order valence-electron chi connectivity index (χ1n) is 10.8. The van der Waals surface area contributed by atoms with Crippen molar-refractivity contribution in [3.8, 4) is 16.9 Å². The minimum atomic E-state index is -1.06. The van der Waals surface area contributed by atoms with Crippen LogP contribution >= 0.6 is 39.1 Å². The molecular weight excluding hydrogens is 564 g/mol. The number of benzene rings is 1. The molecule has 7 nitrogen and oxygen atoms in total. The van der Waals surface area contributed by atoms with Gasteiger partial charge in [0.25, 0.3) is 5.91 Å². The van der Waals surface area contributed by atoms with Gasteiger partial charge in [0.05, 0.1) is 23.4 Å². The van der Waals surface area contributed by atoms with E-state index in [0.717, 1.165) is 0 Å². The summed E-state index contributed by atoms with van der Waals surface area (Å²) in [7, 11) is 0. The number of carbonyl (C=O) groups excluding carboxylic acids is 2. The predicted octanol–water partition coefficient (Wildman–Crippen LogP) is 6.09. The number of hydrogen-bond donors (Lipinski definition) is 2. The molecule has 4 rings (SSSR count). The largest absolute Gasteiger partial charge is 0.492 e. The number of amides is 2. The van der Waals surface area contributed by atoms with Crippen molar-refractivity contribution >= 4 is 50.9 Å². The van der Waals surface area contributed by atoms with Gasteiger partial charge in [-0.15, -0.1) is 0 Å². The Morgan fingerprint density at radius 2 is 2.03 bits per heavy atom. The van der Waals surface area contributed by atoms with Crippen LogP contribution in [0.25, 0.3) is 11.1 Å². The first-order chi connectivity index (χ1) is 16.6. The number of hydrogen-bond acceptors (Lipinski definition) is 5. The summed E-state index contributed by atoms with van der Waals surface area (Å²) in [5, 5.41) is 6.13. The van der Waals surface area contributed by atoms with E-state index >= 15 is 4.39 Å². The first kappa shape index (κ1) is 25.5. The second-order valence-electron chi connectivity index (χ2n) is 8.12. The minimum absolute atomic E-state index is 0.0466. The highest BCUT2D eigenvalue weighted by Crippen LogP contribution is 2.40. The number of carbonyl (C=O) groups is 2. The zero-order valence-corrected chi connectivity index (χ0v) is 21.9. The zero-order valence-electron chi connectivity index (χ0n) is 18.8. The molecule has 11 heteroatoms. The lowest BCUT2D eigenvalue weighted by Gasteiger charge is -2.21. The van der Waals surface area contributed by atoms with E-state index in [4.69, 9.17) is 32.4 Å². The molecule has 0 spiro atoms. The molecule has 1 aliphatic rings. The van der Waals surface area contributed by atoms with Crippen LogP contribution in [0.4, 0.5) is 4.39 Å². The number of halogens is 4. The Hall–Kier alpha value is -2.62. The van der Waals surface area contributed by atoms with Gasteiger partial charge in [-0.2, -0.15) is 0 Å². The summed E-state index contributed by atoms with van der Waals surface area (Å²) in [6.07, 6.45) is 2.39. The van der Waals surface area contributed by atoms with Gasteiger partial charge in [0.15, 0.2) is 10.4 Å². The van der Waals surface area contributed by atoms with Gasteiger partial charge in [-0.05, 0) is 73.0 Å². The van der Waals surface area contributed by atoms with Crippen LogP contribution in [0.2, 0.25) is 10.0 Å². The van der Waals surface area contributed by atoms with E-state index in [1.807, 2.05) is 6.92 Å². The fourth-order valence-electron chi connectivity index (χ4n) is 3.63. The minimum Gasteiger partial charge on any atom is -0.492 e. The van der Waals surface area contributed by atoms with Gasteiger partial charge in [-0.25, -0.2) is 4.39 Å². The maximum absolute atomic E-state index is 15.1. The van der Waals surface area contributed by atoms with Gasteiger partial charge in [0.2, 0.25) is 5.91 Å². The average molecular weight is 585 g/mol. The number of rotatable bonds is 8. The van der Waals surface area contributed by atoms with Crippen molar-refractivity contribution in [1.82, 2.24) is 15.6 Å². The Morgan fingerprint density at radius 3 is 2.63 bits per heavy atom. The SMILES string of the molecule is CCOc1c(Cl)cc(Cl)cc1-c1cnc([C@@H](C)NC(=O)C2(NC(=O)c3ccc(Br)o3)CC2)c(F)c1. The predicted molar refractivity (Wildman–Crippen MR) is 133 cm³/mol. The van der Waals surface area contributed by atoms with E-state index in [1.165, 1.54) is 18.3 Å². The standard InChI is InChI=1S/C24H21BrCl2FN3O4/c1-3-34-21-15(9-14(26)10-16(21)27)13-8-17(28)20(29-11-13)12(2)30-23(33)24(6-7-24)31-22(32)18-4-5-19(25)35-18/h4-5,8-12H,3,6-7H2,1-2H3,(H,30,33)(H,31,32)/t12-/m1/s1. The molecule has 1 atom stereocenters. The highest BCUT2D eigenvalue weighted by atomic mass is 79.9. The molecule has 0 aliphatic heterocycles. The first-order valence-corrected chi connectivity index (χ1v) is 12.3. The molecule has 0 bridgehead atoms. The number of nitrogens with one attached hydrogen (secondary N) is 2. The van der Waals surface area contributed by atoms with Crippen LogP contribution in [0.5, 0.6) is 5.75 Å². The van der Waals surface area contributed by atoms with Crippen molar-refractivity contribution in [2.45, 2.75) is 38.3 Å².